The molecule has 0 heterocycles. The molecule has 0 amide bonds. The Morgan fingerprint density at radius 2 is 1.54 bits per heavy atom. The number of rotatable bonds is 2. The lowest BCUT2D eigenvalue weighted by molar-refractivity contribution is 0.660. The van der Waals surface area contributed by atoms with Gasteiger partial charge in [0, 0.05) is 15.6 Å². The van der Waals surface area contributed by atoms with Crippen LogP contribution in [0.2, 0.25) is 0 Å². The van der Waals surface area contributed by atoms with Crippen molar-refractivity contribution in [3.8, 4) is 11.1 Å². The van der Waals surface area contributed by atoms with E-state index < -0.39 is 0 Å². The van der Waals surface area contributed by atoms with Gasteiger partial charge in [-0.05, 0) is 71.5 Å². The molecule has 0 radical (unpaired) electrons. The highest BCUT2D eigenvalue weighted by atomic mass is 79.9. The van der Waals surface area contributed by atoms with Crippen LogP contribution in [-0.4, -0.2) is 5.71 Å². The number of aliphatic imine (C=N–C) groups is 1. The van der Waals surface area contributed by atoms with E-state index in [1.165, 1.54) is 33.4 Å². The average Bonchev–Trinajstić information content (AvgIpc) is 2.84. The molecular formula is C24H22BrN. The van der Waals surface area contributed by atoms with Gasteiger partial charge in [0.2, 0.25) is 0 Å². The van der Waals surface area contributed by atoms with Gasteiger partial charge in [0.25, 0.3) is 0 Å². The van der Waals surface area contributed by atoms with E-state index in [9.17, 15) is 0 Å². The van der Waals surface area contributed by atoms with Crippen LogP contribution in [0.3, 0.4) is 0 Å². The Morgan fingerprint density at radius 1 is 0.885 bits per heavy atom. The molecule has 26 heavy (non-hydrogen) atoms. The highest BCUT2D eigenvalue weighted by Gasteiger charge is 2.35. The molecule has 130 valence electrons. The summed E-state index contributed by atoms with van der Waals surface area (Å²) in [6.45, 7) is 8.82. The maximum Gasteiger partial charge on any atom is 0.0662 e. The number of para-hydroxylation sites is 1. The third-order valence-corrected chi connectivity index (χ3v) is 5.95. The second-order valence-electron chi connectivity index (χ2n) is 7.56. The van der Waals surface area contributed by atoms with Gasteiger partial charge in [-0.25, -0.2) is 0 Å². The van der Waals surface area contributed by atoms with Gasteiger partial charge < -0.3 is 0 Å². The number of nitrogens with zero attached hydrogens (tertiary/aromatic N) is 1. The van der Waals surface area contributed by atoms with Gasteiger partial charge in [0.05, 0.1) is 5.69 Å². The smallest absolute Gasteiger partial charge is 0.0662 e. The summed E-state index contributed by atoms with van der Waals surface area (Å²) in [7, 11) is 0. The first kappa shape index (κ1) is 17.2. The Bertz CT molecular complexity index is 1040. The van der Waals surface area contributed by atoms with E-state index in [4.69, 9.17) is 4.99 Å². The van der Waals surface area contributed by atoms with Crippen molar-refractivity contribution < 1.29 is 0 Å². The molecule has 3 aromatic rings. The van der Waals surface area contributed by atoms with Crippen LogP contribution in [0.15, 0.2) is 70.1 Å². The molecular weight excluding hydrogens is 382 g/mol. The van der Waals surface area contributed by atoms with E-state index in [1.807, 2.05) is 6.07 Å². The molecule has 0 spiro atoms. The highest BCUT2D eigenvalue weighted by molar-refractivity contribution is 9.10. The van der Waals surface area contributed by atoms with Gasteiger partial charge in [-0.1, -0.05) is 66.2 Å². The second-order valence-corrected chi connectivity index (χ2v) is 8.47. The molecule has 3 aromatic carbocycles. The number of hydrogen-bond donors (Lipinski definition) is 0. The van der Waals surface area contributed by atoms with Crippen molar-refractivity contribution >= 4 is 27.3 Å². The quantitative estimate of drug-likeness (QED) is 0.401. The zero-order valence-corrected chi connectivity index (χ0v) is 17.2. The largest absolute Gasteiger partial charge is 0.253 e. The number of hydrogen-bond acceptors (Lipinski definition) is 1. The summed E-state index contributed by atoms with van der Waals surface area (Å²) in [5.41, 5.74) is 9.91. The topological polar surface area (TPSA) is 12.4 Å². The average molecular weight is 404 g/mol. The molecule has 0 bridgehead atoms. The van der Waals surface area contributed by atoms with Gasteiger partial charge in [-0.15, -0.1) is 0 Å². The van der Waals surface area contributed by atoms with E-state index in [-0.39, 0.29) is 5.41 Å². The predicted octanol–water partition coefficient (Wildman–Crippen LogP) is 7.20. The van der Waals surface area contributed by atoms with Gasteiger partial charge >= 0.3 is 0 Å². The molecule has 0 N–H and O–H groups in total. The van der Waals surface area contributed by atoms with Crippen molar-refractivity contribution in [2.24, 2.45) is 4.99 Å². The van der Waals surface area contributed by atoms with E-state index in [1.54, 1.807) is 0 Å². The van der Waals surface area contributed by atoms with Gasteiger partial charge in [-0.3, -0.25) is 4.99 Å². The summed E-state index contributed by atoms with van der Waals surface area (Å²) in [5, 5.41) is 0. The SMILES string of the molecule is C/C(=N\c1ccccc1C)c1ccc2c(c1)C(C)(C)c1cc(Br)ccc1-2. The lowest BCUT2D eigenvalue weighted by Crippen LogP contribution is -2.15. The van der Waals surface area contributed by atoms with Crippen molar-refractivity contribution in [2.75, 3.05) is 0 Å². The van der Waals surface area contributed by atoms with Crippen LogP contribution in [0.5, 0.6) is 0 Å². The Hall–Kier alpha value is -2.19. The van der Waals surface area contributed by atoms with Crippen LogP contribution < -0.4 is 0 Å². The van der Waals surface area contributed by atoms with E-state index >= 15 is 0 Å². The monoisotopic (exact) mass is 403 g/mol. The summed E-state index contributed by atoms with van der Waals surface area (Å²) in [4.78, 5) is 4.87. The third kappa shape index (κ3) is 2.73. The molecule has 0 unspecified atom stereocenters. The number of aryl methyl sites for hydroxylation is 1. The molecule has 0 aliphatic heterocycles. The fourth-order valence-corrected chi connectivity index (χ4v) is 4.23. The Balaban J connectivity index is 1.81. The summed E-state index contributed by atoms with van der Waals surface area (Å²) in [6, 6.07) is 21.6. The molecule has 4 rings (SSSR count). The van der Waals surface area contributed by atoms with Crippen molar-refractivity contribution in [2.45, 2.75) is 33.1 Å². The van der Waals surface area contributed by atoms with Crippen LogP contribution in [0.25, 0.3) is 11.1 Å². The highest BCUT2D eigenvalue weighted by Crippen LogP contribution is 2.49. The Kier molecular flexibility index (Phi) is 4.11. The van der Waals surface area contributed by atoms with Crippen LogP contribution >= 0.6 is 15.9 Å². The summed E-state index contributed by atoms with van der Waals surface area (Å²) < 4.78 is 1.13. The third-order valence-electron chi connectivity index (χ3n) is 5.46. The molecule has 1 aliphatic carbocycles. The zero-order valence-electron chi connectivity index (χ0n) is 15.6. The lowest BCUT2D eigenvalue weighted by Gasteiger charge is -2.22. The number of benzene rings is 3. The molecule has 2 heteroatoms. The Morgan fingerprint density at radius 3 is 2.27 bits per heavy atom. The molecule has 1 aliphatic rings. The van der Waals surface area contributed by atoms with Crippen LogP contribution in [0.4, 0.5) is 5.69 Å². The first-order chi connectivity index (χ1) is 12.4. The number of fused-ring (bicyclic) bond motifs is 3. The fourth-order valence-electron chi connectivity index (χ4n) is 3.87. The molecule has 0 fully saturated rings. The maximum atomic E-state index is 4.87. The van der Waals surface area contributed by atoms with Gasteiger partial charge in [0.1, 0.15) is 0 Å². The first-order valence-electron chi connectivity index (χ1n) is 8.94. The van der Waals surface area contributed by atoms with Gasteiger partial charge in [0.15, 0.2) is 0 Å². The van der Waals surface area contributed by atoms with Crippen molar-refractivity contribution in [1.29, 1.82) is 0 Å². The summed E-state index contributed by atoms with van der Waals surface area (Å²) in [6.07, 6.45) is 0. The van der Waals surface area contributed by atoms with E-state index in [0.29, 0.717) is 0 Å². The molecule has 0 atom stereocenters. The second kappa shape index (κ2) is 6.21. The van der Waals surface area contributed by atoms with Crippen LogP contribution in [0, 0.1) is 6.92 Å². The molecule has 0 aromatic heterocycles. The minimum Gasteiger partial charge on any atom is -0.253 e. The van der Waals surface area contributed by atoms with Crippen LogP contribution in [0.1, 0.15) is 43.0 Å². The molecule has 0 saturated carbocycles. The van der Waals surface area contributed by atoms with Crippen molar-refractivity contribution in [3.05, 3.63) is 87.4 Å². The summed E-state index contributed by atoms with van der Waals surface area (Å²) in [5.74, 6) is 0. The first-order valence-corrected chi connectivity index (χ1v) is 9.73. The molecule has 0 saturated heterocycles. The molecule has 1 nitrogen and oxygen atoms in total. The normalized spacial score (nSPS) is 14.9. The van der Waals surface area contributed by atoms with E-state index in [2.05, 4.69) is 98.2 Å². The standard InChI is InChI=1S/C24H22BrN/c1-15-7-5-6-8-23(15)26-16(2)17-9-11-19-20-12-10-18(25)14-22(20)24(3,4)21(19)13-17/h5-14H,1-4H3/b26-16+. The summed E-state index contributed by atoms with van der Waals surface area (Å²) >= 11 is 3.62. The predicted molar refractivity (Wildman–Crippen MR) is 115 cm³/mol. The van der Waals surface area contributed by atoms with Crippen molar-refractivity contribution in [3.63, 3.8) is 0 Å². The minimum atomic E-state index is -0.00655. The van der Waals surface area contributed by atoms with Crippen molar-refractivity contribution in [1.82, 2.24) is 0 Å². The minimum absolute atomic E-state index is 0.00655. The maximum absolute atomic E-state index is 4.87. The van der Waals surface area contributed by atoms with Crippen LogP contribution in [-0.2, 0) is 5.41 Å². The Labute approximate surface area is 163 Å². The fraction of sp³-hybridized carbons (Fsp3) is 0.208. The zero-order chi connectivity index (χ0) is 18.5. The lowest BCUT2D eigenvalue weighted by atomic mass is 9.82. The van der Waals surface area contributed by atoms with E-state index in [0.717, 1.165) is 15.9 Å². The van der Waals surface area contributed by atoms with Gasteiger partial charge in [-0.2, -0.15) is 0 Å². The number of halogens is 1.